The standard InChI is InChI=1S/C18H24N6O6S/c1-18(16(26)27,24-31(28,29)13-5-3-2-4-6-13)22-15(25)14-11-12(30-23-14)7-8-19-17-20-9-10-21-17/h2-6,9-10,12,14,23-24H,7-8,11H2,1H3,(H,22,25)(H,26,27)(H2,19,20,21). The maximum Gasteiger partial charge on any atom is 0.345 e. The van der Waals surface area contributed by atoms with Crippen molar-refractivity contribution in [1.82, 2.24) is 25.5 Å². The number of H-pyrrole nitrogens is 1. The highest BCUT2D eigenvalue weighted by atomic mass is 32.2. The molecule has 0 spiro atoms. The van der Waals surface area contributed by atoms with Crippen molar-refractivity contribution in [3.05, 3.63) is 42.7 Å². The highest BCUT2D eigenvalue weighted by molar-refractivity contribution is 7.89. The number of hydrogen-bond donors (Lipinski definition) is 6. The molecule has 3 atom stereocenters. The summed E-state index contributed by atoms with van der Waals surface area (Å²) in [7, 11) is -4.19. The number of nitrogens with zero attached hydrogens (tertiary/aromatic N) is 1. The molecule has 2 aromatic rings. The Kier molecular flexibility index (Phi) is 6.90. The number of aromatic nitrogens is 2. The van der Waals surface area contributed by atoms with Crippen molar-refractivity contribution in [3.63, 3.8) is 0 Å². The number of sulfonamides is 1. The molecule has 6 N–H and O–H groups in total. The van der Waals surface area contributed by atoms with E-state index in [1.54, 1.807) is 18.5 Å². The van der Waals surface area contributed by atoms with Crippen LogP contribution in [0.25, 0.3) is 0 Å². The molecule has 0 bridgehead atoms. The average Bonchev–Trinajstić information content (AvgIpc) is 3.40. The summed E-state index contributed by atoms with van der Waals surface area (Å²) in [5.41, 5.74) is 0.315. The molecule has 1 aromatic heterocycles. The molecular weight excluding hydrogens is 428 g/mol. The van der Waals surface area contributed by atoms with Gasteiger partial charge in [0.15, 0.2) is 5.95 Å². The minimum absolute atomic E-state index is 0.122. The summed E-state index contributed by atoms with van der Waals surface area (Å²) in [5, 5.41) is 14.9. The quantitative estimate of drug-likeness (QED) is 0.266. The van der Waals surface area contributed by atoms with Crippen LogP contribution in [0.5, 0.6) is 0 Å². The second-order valence-corrected chi connectivity index (χ2v) is 8.82. The normalized spacial score (nSPS) is 20.7. The summed E-state index contributed by atoms with van der Waals surface area (Å²) < 4.78 is 27.1. The molecule has 0 radical (unpaired) electrons. The van der Waals surface area contributed by atoms with Crippen molar-refractivity contribution in [3.8, 4) is 0 Å². The predicted octanol–water partition coefficient (Wildman–Crippen LogP) is -0.231. The van der Waals surface area contributed by atoms with E-state index in [4.69, 9.17) is 4.84 Å². The second-order valence-electron chi connectivity index (χ2n) is 7.14. The summed E-state index contributed by atoms with van der Waals surface area (Å²) in [5.74, 6) is -1.65. The smallest absolute Gasteiger partial charge is 0.345 e. The van der Waals surface area contributed by atoms with E-state index in [9.17, 15) is 23.1 Å². The van der Waals surface area contributed by atoms with Crippen molar-refractivity contribution >= 4 is 27.8 Å². The molecule has 168 valence electrons. The van der Waals surface area contributed by atoms with Gasteiger partial charge in [-0.1, -0.05) is 18.2 Å². The fourth-order valence-corrected chi connectivity index (χ4v) is 4.28. The minimum Gasteiger partial charge on any atom is -0.478 e. The lowest BCUT2D eigenvalue weighted by atomic mass is 10.1. The lowest BCUT2D eigenvalue weighted by Crippen LogP contribution is -2.65. The first-order valence-corrected chi connectivity index (χ1v) is 11.0. The molecule has 1 aliphatic rings. The zero-order valence-corrected chi connectivity index (χ0v) is 17.5. The molecular formula is C18H24N6O6S. The van der Waals surface area contributed by atoms with Crippen LogP contribution in [0, 0.1) is 0 Å². The van der Waals surface area contributed by atoms with Gasteiger partial charge in [-0.3, -0.25) is 9.63 Å². The van der Waals surface area contributed by atoms with Gasteiger partial charge in [0.25, 0.3) is 0 Å². The minimum atomic E-state index is -4.19. The van der Waals surface area contributed by atoms with Gasteiger partial charge in [0.05, 0.1) is 11.0 Å². The van der Waals surface area contributed by atoms with Gasteiger partial charge in [-0.15, -0.1) is 0 Å². The Morgan fingerprint density at radius 1 is 1.32 bits per heavy atom. The number of imidazole rings is 1. The number of amides is 1. The maximum atomic E-state index is 12.6. The molecule has 1 fully saturated rings. The number of rotatable bonds is 10. The Bertz CT molecular complexity index is 1000. The largest absolute Gasteiger partial charge is 0.478 e. The first-order chi connectivity index (χ1) is 14.7. The van der Waals surface area contributed by atoms with E-state index in [0.717, 1.165) is 6.92 Å². The van der Waals surface area contributed by atoms with Crippen molar-refractivity contribution in [2.75, 3.05) is 11.9 Å². The molecule has 3 unspecified atom stereocenters. The SMILES string of the molecule is CC(NC(=O)C1CC(CCNc2ncc[nH]2)ON1)(NS(=O)(=O)c1ccccc1)C(=O)O. The lowest BCUT2D eigenvalue weighted by molar-refractivity contribution is -0.148. The Labute approximate surface area is 178 Å². The summed E-state index contributed by atoms with van der Waals surface area (Å²) in [6, 6.07) is 6.44. The highest BCUT2D eigenvalue weighted by Gasteiger charge is 2.42. The number of carbonyl (C=O) groups is 2. The summed E-state index contributed by atoms with van der Waals surface area (Å²) >= 11 is 0. The average molecular weight is 452 g/mol. The zero-order valence-electron chi connectivity index (χ0n) is 16.7. The number of nitrogens with one attached hydrogen (secondary N) is 5. The van der Waals surface area contributed by atoms with Crippen LogP contribution in [0.2, 0.25) is 0 Å². The zero-order chi connectivity index (χ0) is 22.5. The molecule has 0 aliphatic carbocycles. The fraction of sp³-hybridized carbons (Fsp3) is 0.389. The van der Waals surface area contributed by atoms with Crippen LogP contribution < -0.4 is 20.8 Å². The van der Waals surface area contributed by atoms with Gasteiger partial charge in [-0.2, -0.15) is 10.2 Å². The third-order valence-electron chi connectivity index (χ3n) is 4.64. The number of carbonyl (C=O) groups excluding carboxylic acids is 1. The van der Waals surface area contributed by atoms with E-state index in [-0.39, 0.29) is 17.4 Å². The van der Waals surface area contributed by atoms with Crippen molar-refractivity contribution in [1.29, 1.82) is 0 Å². The molecule has 1 aromatic carbocycles. The first kappa shape index (κ1) is 22.7. The predicted molar refractivity (Wildman–Crippen MR) is 109 cm³/mol. The van der Waals surface area contributed by atoms with Gasteiger partial charge in [0.2, 0.25) is 21.6 Å². The lowest BCUT2D eigenvalue weighted by Gasteiger charge is -2.28. The summed E-state index contributed by atoms with van der Waals surface area (Å²) in [6.07, 6.45) is 3.85. The van der Waals surface area contributed by atoms with Gasteiger partial charge >= 0.3 is 5.97 Å². The van der Waals surface area contributed by atoms with Crippen molar-refractivity contribution < 1.29 is 28.0 Å². The fourth-order valence-electron chi connectivity index (χ4n) is 2.97. The molecule has 0 saturated carbocycles. The molecule has 13 heteroatoms. The van der Waals surface area contributed by atoms with Gasteiger partial charge in [-0.05, 0) is 25.5 Å². The maximum absolute atomic E-state index is 12.6. The highest BCUT2D eigenvalue weighted by Crippen LogP contribution is 2.17. The van der Waals surface area contributed by atoms with Gasteiger partial charge < -0.3 is 20.7 Å². The van der Waals surface area contributed by atoms with Crippen LogP contribution in [0.4, 0.5) is 5.95 Å². The first-order valence-electron chi connectivity index (χ1n) is 9.48. The van der Waals surface area contributed by atoms with Crippen LogP contribution in [-0.2, 0) is 24.4 Å². The number of hydrogen-bond acceptors (Lipinski definition) is 8. The van der Waals surface area contributed by atoms with E-state index < -0.39 is 33.6 Å². The molecule has 2 heterocycles. The van der Waals surface area contributed by atoms with E-state index in [1.807, 2.05) is 0 Å². The van der Waals surface area contributed by atoms with Crippen molar-refractivity contribution in [2.45, 2.75) is 42.5 Å². The monoisotopic (exact) mass is 452 g/mol. The van der Waals surface area contributed by atoms with E-state index in [1.165, 1.54) is 24.3 Å². The number of aromatic amines is 1. The van der Waals surface area contributed by atoms with E-state index in [0.29, 0.717) is 18.9 Å². The molecule has 3 rings (SSSR count). The van der Waals surface area contributed by atoms with Crippen molar-refractivity contribution in [2.24, 2.45) is 0 Å². The number of aliphatic carboxylic acids is 1. The molecule has 31 heavy (non-hydrogen) atoms. The number of benzene rings is 1. The number of carboxylic acids is 1. The van der Waals surface area contributed by atoms with Crippen LogP contribution in [-0.4, -0.2) is 59.7 Å². The number of hydroxylamine groups is 1. The molecule has 1 aliphatic heterocycles. The molecule has 1 saturated heterocycles. The number of anilines is 1. The Morgan fingerprint density at radius 2 is 2.06 bits per heavy atom. The Morgan fingerprint density at radius 3 is 2.71 bits per heavy atom. The van der Waals surface area contributed by atoms with E-state index >= 15 is 0 Å². The topological polar surface area (TPSA) is 175 Å². The third kappa shape index (κ3) is 5.79. The van der Waals surface area contributed by atoms with Crippen LogP contribution in [0.3, 0.4) is 0 Å². The Balaban J connectivity index is 1.57. The third-order valence-corrected chi connectivity index (χ3v) is 6.21. The van der Waals surface area contributed by atoms with Gasteiger partial charge in [0, 0.05) is 25.4 Å². The molecule has 1 amide bonds. The Hall–Kier alpha value is -3.00. The van der Waals surface area contributed by atoms with Crippen LogP contribution in [0.1, 0.15) is 19.8 Å². The summed E-state index contributed by atoms with van der Waals surface area (Å²) in [4.78, 5) is 36.6. The van der Waals surface area contributed by atoms with E-state index in [2.05, 4.69) is 30.8 Å². The second kappa shape index (κ2) is 9.43. The van der Waals surface area contributed by atoms with Gasteiger partial charge in [0.1, 0.15) is 6.04 Å². The molecule has 12 nitrogen and oxygen atoms in total. The summed E-state index contributed by atoms with van der Waals surface area (Å²) in [6.45, 7) is 1.60. The van der Waals surface area contributed by atoms with Crippen LogP contribution in [0.15, 0.2) is 47.6 Å². The van der Waals surface area contributed by atoms with Crippen LogP contribution >= 0.6 is 0 Å². The number of carboxylic acid groups (broad SMARTS) is 1. The van der Waals surface area contributed by atoms with Gasteiger partial charge in [-0.25, -0.2) is 18.2 Å².